The number of hydrogen-bond acceptors (Lipinski definition) is 4. The Morgan fingerprint density at radius 3 is 3.12 bits per heavy atom. The summed E-state index contributed by atoms with van der Waals surface area (Å²) >= 11 is 0. The third kappa shape index (κ3) is 3.34. The molecule has 1 aromatic heterocycles. The van der Waals surface area contributed by atoms with E-state index in [1.54, 1.807) is 0 Å². The summed E-state index contributed by atoms with van der Waals surface area (Å²) in [6, 6.07) is 5.96. The summed E-state index contributed by atoms with van der Waals surface area (Å²) in [5.41, 5.74) is 2.36. The molecule has 7 heteroatoms. The molecule has 2 aromatic rings. The van der Waals surface area contributed by atoms with Crippen molar-refractivity contribution in [3.05, 3.63) is 41.7 Å². The van der Waals surface area contributed by atoms with E-state index in [1.165, 1.54) is 5.56 Å². The zero-order valence-electron chi connectivity index (χ0n) is 15.3. The third-order valence-corrected chi connectivity index (χ3v) is 4.90. The topological polar surface area (TPSA) is 63.9 Å². The van der Waals surface area contributed by atoms with Gasteiger partial charge in [-0.3, -0.25) is 4.68 Å². The van der Waals surface area contributed by atoms with Gasteiger partial charge in [-0.2, -0.15) is 5.10 Å². The van der Waals surface area contributed by atoms with Crippen LogP contribution in [0.3, 0.4) is 0 Å². The highest BCUT2D eigenvalue weighted by molar-refractivity contribution is 5.80. The van der Waals surface area contributed by atoms with Gasteiger partial charge in [0.1, 0.15) is 0 Å². The van der Waals surface area contributed by atoms with E-state index < -0.39 is 0 Å². The molecule has 0 aliphatic carbocycles. The molecular weight excluding hydrogens is 330 g/mol. The molecule has 7 nitrogen and oxygen atoms in total. The average Bonchev–Trinajstić information content (AvgIpc) is 3.38. The van der Waals surface area contributed by atoms with Crippen LogP contribution in [0.4, 0.5) is 0 Å². The van der Waals surface area contributed by atoms with Crippen molar-refractivity contribution in [2.45, 2.75) is 25.8 Å². The number of nitrogens with zero attached hydrogens (tertiary/aromatic N) is 4. The lowest BCUT2D eigenvalue weighted by atomic mass is 10.0. The zero-order chi connectivity index (χ0) is 17.9. The summed E-state index contributed by atoms with van der Waals surface area (Å²) < 4.78 is 12.9. The van der Waals surface area contributed by atoms with Gasteiger partial charge in [0, 0.05) is 44.4 Å². The van der Waals surface area contributed by atoms with Crippen molar-refractivity contribution in [2.75, 3.05) is 26.4 Å². The molecule has 0 amide bonds. The minimum atomic E-state index is 0.287. The van der Waals surface area contributed by atoms with Crippen LogP contribution in [0.1, 0.15) is 30.4 Å². The number of aliphatic imine (C=N–C) groups is 1. The van der Waals surface area contributed by atoms with Gasteiger partial charge in [0.05, 0.1) is 12.7 Å². The lowest BCUT2D eigenvalue weighted by molar-refractivity contribution is 0.173. The lowest BCUT2D eigenvalue weighted by Gasteiger charge is -2.21. The summed E-state index contributed by atoms with van der Waals surface area (Å²) in [5, 5.41) is 7.73. The maximum Gasteiger partial charge on any atom is 0.231 e. The molecule has 1 N–H and O–H groups in total. The molecule has 0 radical (unpaired) electrons. The first-order valence-corrected chi connectivity index (χ1v) is 9.14. The Balaban J connectivity index is 1.47. The maximum absolute atomic E-state index is 5.59. The summed E-state index contributed by atoms with van der Waals surface area (Å²) in [5.74, 6) is 3.09. The number of benzene rings is 1. The number of aromatic nitrogens is 2. The van der Waals surface area contributed by atoms with E-state index in [0.717, 1.165) is 49.1 Å². The Labute approximate surface area is 153 Å². The Kier molecular flexibility index (Phi) is 4.69. The van der Waals surface area contributed by atoms with Gasteiger partial charge in [-0.25, -0.2) is 4.99 Å². The van der Waals surface area contributed by atoms with Crippen LogP contribution in [0.2, 0.25) is 0 Å². The number of ether oxygens (including phenoxy) is 2. The number of hydrogen-bond donors (Lipinski definition) is 1. The fourth-order valence-electron chi connectivity index (χ4n) is 3.58. The third-order valence-electron chi connectivity index (χ3n) is 4.90. The van der Waals surface area contributed by atoms with Gasteiger partial charge in [0.25, 0.3) is 0 Å². The van der Waals surface area contributed by atoms with E-state index in [4.69, 9.17) is 14.5 Å². The standard InChI is InChI=1S/C19H25N5O2/c1-3-20-19(21-9-14-5-4-6-17-18(14)26-13-25-17)24-8-7-15(12-24)16-10-22-23(2)11-16/h4-6,10-11,15H,3,7-9,12-13H2,1-2H3,(H,20,21). The van der Waals surface area contributed by atoms with Crippen molar-refractivity contribution in [3.8, 4) is 11.5 Å². The molecule has 1 saturated heterocycles. The molecule has 4 rings (SSSR count). The Bertz CT molecular complexity index is 801. The Hall–Kier alpha value is -2.70. The van der Waals surface area contributed by atoms with Crippen molar-refractivity contribution >= 4 is 5.96 Å². The number of nitrogens with one attached hydrogen (secondary N) is 1. The van der Waals surface area contributed by atoms with Gasteiger partial charge in [-0.1, -0.05) is 12.1 Å². The first kappa shape index (κ1) is 16.8. The van der Waals surface area contributed by atoms with E-state index in [1.807, 2.05) is 36.1 Å². The largest absolute Gasteiger partial charge is 0.454 e. The minimum Gasteiger partial charge on any atom is -0.454 e. The van der Waals surface area contributed by atoms with E-state index >= 15 is 0 Å². The van der Waals surface area contributed by atoms with Gasteiger partial charge in [0.15, 0.2) is 17.5 Å². The number of likely N-dealkylation sites (tertiary alicyclic amines) is 1. The van der Waals surface area contributed by atoms with Gasteiger partial charge in [-0.05, 0) is 25.0 Å². The second-order valence-electron chi connectivity index (χ2n) is 6.70. The summed E-state index contributed by atoms with van der Waals surface area (Å²) in [7, 11) is 1.96. The summed E-state index contributed by atoms with van der Waals surface area (Å²) in [6.45, 7) is 5.76. The zero-order valence-corrected chi connectivity index (χ0v) is 15.3. The summed E-state index contributed by atoms with van der Waals surface area (Å²) in [6.07, 6.45) is 5.21. The van der Waals surface area contributed by atoms with Crippen molar-refractivity contribution in [2.24, 2.45) is 12.0 Å². The van der Waals surface area contributed by atoms with Crippen LogP contribution in [0.25, 0.3) is 0 Å². The minimum absolute atomic E-state index is 0.287. The number of rotatable bonds is 4. The number of fused-ring (bicyclic) bond motifs is 1. The van der Waals surface area contributed by atoms with Crippen molar-refractivity contribution in [1.82, 2.24) is 20.0 Å². The average molecular weight is 355 g/mol. The van der Waals surface area contributed by atoms with E-state index in [2.05, 4.69) is 28.4 Å². The predicted molar refractivity (Wildman–Crippen MR) is 99.5 cm³/mol. The molecule has 1 fully saturated rings. The van der Waals surface area contributed by atoms with Crippen molar-refractivity contribution in [3.63, 3.8) is 0 Å². The van der Waals surface area contributed by atoms with Crippen LogP contribution < -0.4 is 14.8 Å². The monoisotopic (exact) mass is 355 g/mol. The van der Waals surface area contributed by atoms with Crippen molar-refractivity contribution in [1.29, 1.82) is 0 Å². The van der Waals surface area contributed by atoms with Gasteiger partial charge >= 0.3 is 0 Å². The number of guanidine groups is 1. The molecule has 3 heterocycles. The van der Waals surface area contributed by atoms with Gasteiger partial charge in [-0.15, -0.1) is 0 Å². The number of para-hydroxylation sites is 1. The maximum atomic E-state index is 5.59. The Morgan fingerprint density at radius 2 is 2.31 bits per heavy atom. The van der Waals surface area contributed by atoms with Gasteiger partial charge in [0.2, 0.25) is 6.79 Å². The molecular formula is C19H25N5O2. The van der Waals surface area contributed by atoms with Crippen LogP contribution in [0.15, 0.2) is 35.6 Å². The van der Waals surface area contributed by atoms with Crippen LogP contribution in [-0.2, 0) is 13.6 Å². The molecule has 26 heavy (non-hydrogen) atoms. The van der Waals surface area contributed by atoms with E-state index in [9.17, 15) is 0 Å². The molecule has 1 unspecified atom stereocenters. The molecule has 1 aromatic carbocycles. The fourth-order valence-corrected chi connectivity index (χ4v) is 3.58. The van der Waals surface area contributed by atoms with Crippen LogP contribution >= 0.6 is 0 Å². The van der Waals surface area contributed by atoms with Crippen LogP contribution in [0.5, 0.6) is 11.5 Å². The Morgan fingerprint density at radius 1 is 1.38 bits per heavy atom. The second-order valence-corrected chi connectivity index (χ2v) is 6.70. The number of aryl methyl sites for hydroxylation is 1. The first-order chi connectivity index (χ1) is 12.7. The molecule has 2 aliphatic rings. The fraction of sp³-hybridized carbons (Fsp3) is 0.474. The van der Waals surface area contributed by atoms with E-state index in [-0.39, 0.29) is 6.79 Å². The molecule has 1 atom stereocenters. The van der Waals surface area contributed by atoms with Crippen LogP contribution in [0, 0.1) is 0 Å². The normalized spacial score (nSPS) is 19.2. The molecule has 2 aliphatic heterocycles. The SMILES string of the molecule is CCNC(=NCc1cccc2c1OCO2)N1CCC(c2cnn(C)c2)C1. The molecule has 0 bridgehead atoms. The predicted octanol–water partition coefficient (Wildman–Crippen LogP) is 2.10. The lowest BCUT2D eigenvalue weighted by Crippen LogP contribution is -2.40. The molecule has 0 saturated carbocycles. The van der Waals surface area contributed by atoms with Crippen LogP contribution in [-0.4, -0.2) is 47.1 Å². The highest BCUT2D eigenvalue weighted by Gasteiger charge is 2.27. The first-order valence-electron chi connectivity index (χ1n) is 9.14. The van der Waals surface area contributed by atoms with Gasteiger partial charge < -0.3 is 19.7 Å². The molecule has 138 valence electrons. The quantitative estimate of drug-likeness (QED) is 0.672. The smallest absolute Gasteiger partial charge is 0.231 e. The molecule has 0 spiro atoms. The second kappa shape index (κ2) is 7.27. The van der Waals surface area contributed by atoms with E-state index in [0.29, 0.717) is 12.5 Å². The highest BCUT2D eigenvalue weighted by Crippen LogP contribution is 2.35. The highest BCUT2D eigenvalue weighted by atomic mass is 16.7. The van der Waals surface area contributed by atoms with Crippen molar-refractivity contribution < 1.29 is 9.47 Å². The summed E-state index contributed by atoms with van der Waals surface area (Å²) in [4.78, 5) is 7.19.